The van der Waals surface area contributed by atoms with Crippen LogP contribution in [0.3, 0.4) is 0 Å². The van der Waals surface area contributed by atoms with E-state index in [-0.39, 0.29) is 29.0 Å². The molecular weight excluding hydrogens is 318 g/mol. The molecule has 23 heavy (non-hydrogen) atoms. The zero-order valence-corrected chi connectivity index (χ0v) is 13.9. The lowest BCUT2D eigenvalue weighted by atomic mass is 9.98. The summed E-state index contributed by atoms with van der Waals surface area (Å²) in [7, 11) is -4.00. The molecule has 1 saturated carbocycles. The minimum Gasteiger partial charge on any atom is -0.368 e. The molecule has 7 heteroatoms. The predicted octanol–water partition coefficient (Wildman–Crippen LogP) is 2.04. The molecule has 1 aromatic rings. The molecule has 0 atom stereocenters. The average Bonchev–Trinajstić information content (AvgIpc) is 2.53. The van der Waals surface area contributed by atoms with Crippen molar-refractivity contribution in [1.82, 2.24) is 4.72 Å². The van der Waals surface area contributed by atoms with E-state index >= 15 is 0 Å². The normalized spacial score (nSPS) is 16.0. The summed E-state index contributed by atoms with van der Waals surface area (Å²) >= 11 is 0. The Balaban J connectivity index is 1.95. The molecule has 0 radical (unpaired) electrons. The second kappa shape index (κ2) is 7.70. The van der Waals surface area contributed by atoms with E-state index in [1.165, 1.54) is 37.6 Å². The number of sulfonamides is 1. The van der Waals surface area contributed by atoms with Gasteiger partial charge in [-0.25, -0.2) is 13.1 Å². The molecule has 1 amide bonds. The highest BCUT2D eigenvalue weighted by Crippen LogP contribution is 2.20. The molecule has 0 spiro atoms. The quantitative estimate of drug-likeness (QED) is 0.801. The standard InChI is InChI=1S/C16H21NO5S/c1-12(18)13-6-5-9-15(10-13)23(20,21)17-16(19)11-22-14-7-3-2-4-8-14/h5-6,9-10,14H,2-4,7-8,11H2,1H3,(H,17,19). The highest BCUT2D eigenvalue weighted by atomic mass is 32.2. The minimum atomic E-state index is -4.00. The van der Waals surface area contributed by atoms with E-state index in [9.17, 15) is 18.0 Å². The zero-order chi connectivity index (χ0) is 16.9. The molecule has 0 bridgehead atoms. The van der Waals surface area contributed by atoms with Crippen LogP contribution in [0.5, 0.6) is 0 Å². The number of carbonyl (C=O) groups is 2. The molecule has 2 rings (SSSR count). The van der Waals surface area contributed by atoms with Gasteiger partial charge in [-0.2, -0.15) is 0 Å². The first-order valence-corrected chi connectivity index (χ1v) is 9.15. The van der Waals surface area contributed by atoms with Crippen molar-refractivity contribution in [3.8, 4) is 0 Å². The number of hydrogen-bond acceptors (Lipinski definition) is 5. The Kier molecular flexibility index (Phi) is 5.90. The maximum absolute atomic E-state index is 12.2. The van der Waals surface area contributed by atoms with Gasteiger partial charge in [0.1, 0.15) is 6.61 Å². The fraction of sp³-hybridized carbons (Fsp3) is 0.500. The lowest BCUT2D eigenvalue weighted by Gasteiger charge is -2.21. The van der Waals surface area contributed by atoms with Gasteiger partial charge in [0.15, 0.2) is 5.78 Å². The van der Waals surface area contributed by atoms with Gasteiger partial charge < -0.3 is 4.74 Å². The van der Waals surface area contributed by atoms with E-state index in [1.54, 1.807) is 0 Å². The number of rotatable bonds is 6. The molecule has 1 aromatic carbocycles. The van der Waals surface area contributed by atoms with Crippen LogP contribution in [0.25, 0.3) is 0 Å². The lowest BCUT2D eigenvalue weighted by Crippen LogP contribution is -2.35. The van der Waals surface area contributed by atoms with Gasteiger partial charge in [-0.15, -0.1) is 0 Å². The van der Waals surface area contributed by atoms with Gasteiger partial charge in [-0.3, -0.25) is 9.59 Å². The summed E-state index contributed by atoms with van der Waals surface area (Å²) in [5.41, 5.74) is 0.277. The van der Waals surface area contributed by atoms with E-state index in [1.807, 2.05) is 4.72 Å². The van der Waals surface area contributed by atoms with Gasteiger partial charge in [0.25, 0.3) is 15.9 Å². The highest BCUT2D eigenvalue weighted by molar-refractivity contribution is 7.90. The van der Waals surface area contributed by atoms with Crippen molar-refractivity contribution in [2.45, 2.75) is 50.0 Å². The third kappa shape index (κ3) is 5.14. The topological polar surface area (TPSA) is 89.5 Å². The van der Waals surface area contributed by atoms with Crippen molar-refractivity contribution in [1.29, 1.82) is 0 Å². The summed E-state index contributed by atoms with van der Waals surface area (Å²) in [5.74, 6) is -0.946. The van der Waals surface area contributed by atoms with Gasteiger partial charge in [-0.1, -0.05) is 31.4 Å². The molecule has 126 valence electrons. The molecule has 6 nitrogen and oxygen atoms in total. The number of carbonyl (C=O) groups excluding carboxylic acids is 2. The first kappa shape index (κ1) is 17.6. The van der Waals surface area contributed by atoms with Crippen LogP contribution in [-0.2, 0) is 19.6 Å². The number of ketones is 1. The van der Waals surface area contributed by atoms with Gasteiger partial charge in [0.2, 0.25) is 0 Å². The number of Topliss-reactive ketones (excluding diaryl/α,β-unsaturated/α-hetero) is 1. The van der Waals surface area contributed by atoms with Gasteiger partial charge in [0, 0.05) is 5.56 Å². The maximum atomic E-state index is 12.2. The van der Waals surface area contributed by atoms with E-state index < -0.39 is 15.9 Å². The third-order valence-corrected chi connectivity index (χ3v) is 5.17. The molecule has 0 saturated heterocycles. The molecular formula is C16H21NO5S. The molecule has 1 fully saturated rings. The van der Waals surface area contributed by atoms with Crippen molar-refractivity contribution in [3.63, 3.8) is 0 Å². The summed E-state index contributed by atoms with van der Waals surface area (Å²) < 4.78 is 31.8. The van der Waals surface area contributed by atoms with Crippen LogP contribution in [0.4, 0.5) is 0 Å². The van der Waals surface area contributed by atoms with Gasteiger partial charge in [0.05, 0.1) is 11.0 Å². The zero-order valence-electron chi connectivity index (χ0n) is 13.1. The van der Waals surface area contributed by atoms with Crippen LogP contribution in [0.2, 0.25) is 0 Å². The Morgan fingerprint density at radius 3 is 2.57 bits per heavy atom. The van der Waals surface area contributed by atoms with Crippen molar-refractivity contribution in [3.05, 3.63) is 29.8 Å². The van der Waals surface area contributed by atoms with E-state index in [0.29, 0.717) is 0 Å². The van der Waals surface area contributed by atoms with Crippen LogP contribution >= 0.6 is 0 Å². The van der Waals surface area contributed by atoms with Crippen molar-refractivity contribution in [2.24, 2.45) is 0 Å². The van der Waals surface area contributed by atoms with Crippen molar-refractivity contribution >= 4 is 21.7 Å². The number of hydrogen-bond donors (Lipinski definition) is 1. The maximum Gasteiger partial charge on any atom is 0.264 e. The SMILES string of the molecule is CC(=O)c1cccc(S(=O)(=O)NC(=O)COC2CCCCC2)c1. The molecule has 0 heterocycles. The molecule has 0 unspecified atom stereocenters. The molecule has 0 aliphatic heterocycles. The molecule has 1 N–H and O–H groups in total. The summed E-state index contributed by atoms with van der Waals surface area (Å²) in [6.07, 6.45) is 5.15. The van der Waals surface area contributed by atoms with E-state index in [0.717, 1.165) is 25.7 Å². The second-order valence-electron chi connectivity index (χ2n) is 5.68. The Hall–Kier alpha value is -1.73. The second-order valence-corrected chi connectivity index (χ2v) is 7.37. The number of nitrogens with one attached hydrogen (secondary N) is 1. The van der Waals surface area contributed by atoms with E-state index in [4.69, 9.17) is 4.74 Å². The Bertz CT molecular complexity index is 677. The van der Waals surface area contributed by atoms with Gasteiger partial charge in [-0.05, 0) is 31.9 Å². The Labute approximate surface area is 136 Å². The average molecular weight is 339 g/mol. The highest BCUT2D eigenvalue weighted by Gasteiger charge is 2.20. The van der Waals surface area contributed by atoms with Crippen LogP contribution in [0.15, 0.2) is 29.2 Å². The summed E-state index contributed by atoms with van der Waals surface area (Å²) in [4.78, 5) is 23.0. The Morgan fingerprint density at radius 1 is 1.22 bits per heavy atom. The smallest absolute Gasteiger partial charge is 0.264 e. The van der Waals surface area contributed by atoms with Crippen molar-refractivity contribution in [2.75, 3.05) is 6.61 Å². The van der Waals surface area contributed by atoms with Gasteiger partial charge >= 0.3 is 0 Å². The molecule has 0 aromatic heterocycles. The first-order chi connectivity index (χ1) is 10.9. The van der Waals surface area contributed by atoms with Crippen LogP contribution < -0.4 is 4.72 Å². The fourth-order valence-electron chi connectivity index (χ4n) is 2.55. The first-order valence-electron chi connectivity index (χ1n) is 7.67. The summed E-state index contributed by atoms with van der Waals surface area (Å²) in [6, 6.07) is 5.58. The number of benzene rings is 1. The van der Waals surface area contributed by atoms with Crippen LogP contribution in [0.1, 0.15) is 49.4 Å². The van der Waals surface area contributed by atoms with Crippen LogP contribution in [-0.4, -0.2) is 32.8 Å². The minimum absolute atomic E-state index is 0.0262. The van der Waals surface area contributed by atoms with Crippen molar-refractivity contribution < 1.29 is 22.7 Å². The summed E-state index contributed by atoms with van der Waals surface area (Å²) in [5, 5.41) is 0. The summed E-state index contributed by atoms with van der Waals surface area (Å²) in [6.45, 7) is 1.07. The van der Waals surface area contributed by atoms with Crippen LogP contribution in [0, 0.1) is 0 Å². The fourth-order valence-corrected chi connectivity index (χ4v) is 3.56. The largest absolute Gasteiger partial charge is 0.368 e. The molecule has 1 aliphatic carbocycles. The number of amides is 1. The number of ether oxygens (including phenoxy) is 1. The lowest BCUT2D eigenvalue weighted by molar-refractivity contribution is -0.126. The predicted molar refractivity (Wildman–Crippen MR) is 84.6 cm³/mol. The molecule has 1 aliphatic rings. The Morgan fingerprint density at radius 2 is 1.91 bits per heavy atom. The third-order valence-electron chi connectivity index (χ3n) is 3.80. The van der Waals surface area contributed by atoms with E-state index in [2.05, 4.69) is 0 Å². The monoisotopic (exact) mass is 339 g/mol.